The first-order valence-electron chi connectivity index (χ1n) is 7.07. The van der Waals surface area contributed by atoms with E-state index in [1.54, 1.807) is 6.07 Å². The van der Waals surface area contributed by atoms with Gasteiger partial charge in [0.15, 0.2) is 0 Å². The zero-order valence-electron chi connectivity index (χ0n) is 12.3. The van der Waals surface area contributed by atoms with E-state index in [-0.39, 0.29) is 23.5 Å². The molecule has 1 saturated heterocycles. The molecule has 2 N–H and O–H groups in total. The van der Waals surface area contributed by atoms with Gasteiger partial charge < -0.3 is 10.2 Å². The van der Waals surface area contributed by atoms with E-state index in [0.717, 1.165) is 25.8 Å². The highest BCUT2D eigenvalue weighted by Gasteiger charge is 2.37. The van der Waals surface area contributed by atoms with E-state index < -0.39 is 4.92 Å². The normalized spacial score (nSPS) is 25.4. The molecule has 6 heteroatoms. The second-order valence-corrected chi connectivity index (χ2v) is 6.40. The SMILES string of the molecule is CC(C)(C)N1CCCCC(N)C1c1ccc([N+](=O)[O-])o1. The minimum absolute atomic E-state index is 0.0613. The quantitative estimate of drug-likeness (QED) is 0.665. The Hall–Kier alpha value is -1.40. The lowest BCUT2D eigenvalue weighted by molar-refractivity contribution is -0.402. The van der Waals surface area contributed by atoms with Gasteiger partial charge in [-0.15, -0.1) is 0 Å². The van der Waals surface area contributed by atoms with Crippen molar-refractivity contribution in [2.75, 3.05) is 6.54 Å². The van der Waals surface area contributed by atoms with Crippen molar-refractivity contribution in [1.82, 2.24) is 4.90 Å². The van der Waals surface area contributed by atoms with E-state index in [9.17, 15) is 10.1 Å². The molecule has 0 saturated carbocycles. The molecule has 0 aliphatic carbocycles. The molecule has 0 amide bonds. The van der Waals surface area contributed by atoms with E-state index in [1.807, 2.05) is 0 Å². The van der Waals surface area contributed by atoms with Crippen molar-refractivity contribution in [1.29, 1.82) is 0 Å². The number of nitrogens with two attached hydrogens (primary N) is 1. The van der Waals surface area contributed by atoms with Crippen molar-refractivity contribution in [3.63, 3.8) is 0 Å². The van der Waals surface area contributed by atoms with Gasteiger partial charge in [0.2, 0.25) is 0 Å². The van der Waals surface area contributed by atoms with Crippen LogP contribution in [0.5, 0.6) is 0 Å². The maximum Gasteiger partial charge on any atom is 0.433 e. The maximum absolute atomic E-state index is 10.8. The van der Waals surface area contributed by atoms with Gasteiger partial charge in [-0.1, -0.05) is 6.42 Å². The van der Waals surface area contributed by atoms with Gasteiger partial charge in [-0.3, -0.25) is 15.0 Å². The third-order valence-corrected chi connectivity index (χ3v) is 3.87. The van der Waals surface area contributed by atoms with Gasteiger partial charge in [0.25, 0.3) is 0 Å². The molecular formula is C14H23N3O3. The number of nitrogens with zero attached hydrogens (tertiary/aromatic N) is 2. The van der Waals surface area contributed by atoms with E-state index >= 15 is 0 Å². The summed E-state index contributed by atoms with van der Waals surface area (Å²) >= 11 is 0. The molecule has 1 aliphatic rings. The molecule has 112 valence electrons. The topological polar surface area (TPSA) is 85.5 Å². The Kier molecular flexibility index (Phi) is 4.15. The molecule has 20 heavy (non-hydrogen) atoms. The van der Waals surface area contributed by atoms with Crippen LogP contribution in [0.3, 0.4) is 0 Å². The predicted octanol–water partition coefficient (Wildman–Crippen LogP) is 2.84. The van der Waals surface area contributed by atoms with Gasteiger partial charge in [-0.05, 0) is 46.2 Å². The van der Waals surface area contributed by atoms with Gasteiger partial charge in [-0.2, -0.15) is 0 Å². The van der Waals surface area contributed by atoms with Crippen LogP contribution in [0.1, 0.15) is 51.8 Å². The smallest absolute Gasteiger partial charge is 0.404 e. The van der Waals surface area contributed by atoms with E-state index in [0.29, 0.717) is 5.76 Å². The highest BCUT2D eigenvalue weighted by molar-refractivity contribution is 5.21. The highest BCUT2D eigenvalue weighted by Crippen LogP contribution is 2.36. The fourth-order valence-electron chi connectivity index (χ4n) is 2.91. The molecule has 6 nitrogen and oxygen atoms in total. The lowest BCUT2D eigenvalue weighted by Gasteiger charge is -2.41. The van der Waals surface area contributed by atoms with Crippen LogP contribution in [-0.2, 0) is 0 Å². The Balaban J connectivity index is 2.37. The van der Waals surface area contributed by atoms with Crippen LogP contribution in [0, 0.1) is 10.1 Å². The number of nitro groups is 1. The zero-order chi connectivity index (χ0) is 14.9. The number of likely N-dealkylation sites (tertiary alicyclic amines) is 1. The van der Waals surface area contributed by atoms with Crippen LogP contribution in [-0.4, -0.2) is 27.9 Å². The zero-order valence-corrected chi connectivity index (χ0v) is 12.3. The Bertz CT molecular complexity index is 478. The number of hydrogen-bond acceptors (Lipinski definition) is 5. The predicted molar refractivity (Wildman–Crippen MR) is 76.4 cm³/mol. The van der Waals surface area contributed by atoms with Crippen LogP contribution in [0.4, 0.5) is 5.88 Å². The minimum atomic E-state index is -0.507. The monoisotopic (exact) mass is 281 g/mol. The summed E-state index contributed by atoms with van der Waals surface area (Å²) in [6.45, 7) is 7.33. The molecule has 2 heterocycles. The molecule has 0 spiro atoms. The first-order chi connectivity index (χ1) is 9.30. The van der Waals surface area contributed by atoms with Gasteiger partial charge in [0.05, 0.1) is 12.1 Å². The van der Waals surface area contributed by atoms with Crippen molar-refractivity contribution < 1.29 is 9.34 Å². The molecule has 0 bridgehead atoms. The van der Waals surface area contributed by atoms with Gasteiger partial charge in [0, 0.05) is 11.6 Å². The largest absolute Gasteiger partial charge is 0.433 e. The van der Waals surface area contributed by atoms with Gasteiger partial charge >= 0.3 is 5.88 Å². The minimum Gasteiger partial charge on any atom is -0.404 e. The summed E-state index contributed by atoms with van der Waals surface area (Å²) in [5.74, 6) is 0.381. The third-order valence-electron chi connectivity index (χ3n) is 3.87. The molecular weight excluding hydrogens is 258 g/mol. The molecule has 1 aromatic heterocycles. The van der Waals surface area contributed by atoms with E-state index in [1.165, 1.54) is 6.07 Å². The Morgan fingerprint density at radius 3 is 2.65 bits per heavy atom. The lowest BCUT2D eigenvalue weighted by Crippen LogP contribution is -2.49. The van der Waals surface area contributed by atoms with E-state index in [4.69, 9.17) is 10.2 Å². The highest BCUT2D eigenvalue weighted by atomic mass is 16.6. The van der Waals surface area contributed by atoms with Gasteiger partial charge in [-0.25, -0.2) is 0 Å². The molecule has 0 aromatic carbocycles. The molecule has 1 aliphatic heterocycles. The average Bonchev–Trinajstić information content (AvgIpc) is 2.72. The number of hydrogen-bond donors (Lipinski definition) is 1. The summed E-state index contributed by atoms with van der Waals surface area (Å²) in [6.07, 6.45) is 3.07. The summed E-state index contributed by atoms with van der Waals surface area (Å²) in [6, 6.07) is 2.93. The van der Waals surface area contributed by atoms with Crippen LogP contribution in [0.2, 0.25) is 0 Å². The molecule has 2 rings (SSSR count). The third kappa shape index (κ3) is 3.02. The van der Waals surface area contributed by atoms with Crippen molar-refractivity contribution in [3.05, 3.63) is 28.0 Å². The van der Waals surface area contributed by atoms with Crippen molar-refractivity contribution >= 4 is 5.88 Å². The molecule has 1 aromatic rings. The molecule has 1 fully saturated rings. The van der Waals surface area contributed by atoms with Crippen LogP contribution in [0.15, 0.2) is 16.5 Å². The standard InChI is InChI=1S/C14H23N3O3/c1-14(2,3)16-9-5-4-6-10(15)13(16)11-7-8-12(20-11)17(18)19/h7-8,10,13H,4-6,9,15H2,1-3H3. The second kappa shape index (κ2) is 5.54. The average molecular weight is 281 g/mol. The fourth-order valence-corrected chi connectivity index (χ4v) is 2.91. The van der Waals surface area contributed by atoms with Crippen molar-refractivity contribution in [3.8, 4) is 0 Å². The second-order valence-electron chi connectivity index (χ2n) is 6.40. The number of rotatable bonds is 2. The molecule has 2 atom stereocenters. The lowest BCUT2D eigenvalue weighted by atomic mass is 9.96. The summed E-state index contributed by atoms with van der Waals surface area (Å²) in [5.41, 5.74) is 6.25. The molecule has 0 radical (unpaired) electrons. The summed E-state index contributed by atoms with van der Waals surface area (Å²) in [7, 11) is 0. The van der Waals surface area contributed by atoms with Crippen LogP contribution < -0.4 is 5.73 Å². The molecule has 2 unspecified atom stereocenters. The Morgan fingerprint density at radius 2 is 2.10 bits per heavy atom. The fraction of sp³-hybridized carbons (Fsp3) is 0.714. The summed E-state index contributed by atoms with van der Waals surface area (Å²) in [4.78, 5) is 12.6. The Labute approximate surface area is 119 Å². The summed E-state index contributed by atoms with van der Waals surface area (Å²) < 4.78 is 5.42. The van der Waals surface area contributed by atoms with Crippen molar-refractivity contribution in [2.45, 2.75) is 57.7 Å². The first-order valence-corrected chi connectivity index (χ1v) is 7.07. The van der Waals surface area contributed by atoms with Gasteiger partial charge in [0.1, 0.15) is 10.7 Å². The first kappa shape index (κ1) is 15.0. The van der Waals surface area contributed by atoms with Crippen molar-refractivity contribution in [2.24, 2.45) is 5.73 Å². The summed E-state index contributed by atoms with van der Waals surface area (Å²) in [5, 5.41) is 10.8. The van der Waals surface area contributed by atoms with E-state index in [2.05, 4.69) is 25.7 Å². The Morgan fingerprint density at radius 1 is 1.40 bits per heavy atom. The maximum atomic E-state index is 10.8. The number of furan rings is 1. The van der Waals surface area contributed by atoms with Crippen LogP contribution >= 0.6 is 0 Å². The van der Waals surface area contributed by atoms with Crippen LogP contribution in [0.25, 0.3) is 0 Å².